The second kappa shape index (κ2) is 16.3. The fraction of sp³-hybridized carbons (Fsp3) is 0.571. The Bertz CT molecular complexity index is 1090. The predicted molar refractivity (Wildman–Crippen MR) is 153 cm³/mol. The largest absolute Gasteiger partial charge is 0.370 e. The molecule has 1 aromatic rings. The first-order valence-corrected chi connectivity index (χ1v) is 14.2. The minimum atomic E-state index is -1.13. The number of benzene rings is 1. The molecule has 0 spiro atoms. The van der Waals surface area contributed by atoms with Gasteiger partial charge in [0.2, 0.25) is 23.5 Å². The molecule has 224 valence electrons. The van der Waals surface area contributed by atoms with Gasteiger partial charge >= 0.3 is 0 Å². The van der Waals surface area contributed by atoms with Crippen LogP contribution in [0.5, 0.6) is 0 Å². The molecule has 1 unspecified atom stereocenters. The van der Waals surface area contributed by atoms with Crippen LogP contribution in [0.15, 0.2) is 35.3 Å². The molecule has 0 bridgehead atoms. The minimum Gasteiger partial charge on any atom is -0.370 e. The van der Waals surface area contributed by atoms with E-state index in [1.807, 2.05) is 30.3 Å². The quantitative estimate of drug-likeness (QED) is 0.0729. The van der Waals surface area contributed by atoms with Gasteiger partial charge in [-0.2, -0.15) is 0 Å². The van der Waals surface area contributed by atoms with E-state index >= 15 is 0 Å². The number of aliphatic imine (C=N–C) groups is 1. The molecule has 0 saturated carbocycles. The molecule has 13 nitrogen and oxygen atoms in total. The molecule has 41 heavy (non-hydrogen) atoms. The smallest absolute Gasteiger partial charge is 0.289 e. The predicted octanol–water partition coefficient (Wildman–Crippen LogP) is -1.49. The molecule has 1 atom stereocenters. The summed E-state index contributed by atoms with van der Waals surface area (Å²) >= 11 is 0. The van der Waals surface area contributed by atoms with Crippen LogP contribution in [0.1, 0.15) is 37.7 Å². The molecule has 7 N–H and O–H groups in total. The zero-order chi connectivity index (χ0) is 29.6. The third-order valence-electron chi connectivity index (χ3n) is 7.32. The van der Waals surface area contributed by atoms with Crippen LogP contribution in [0.25, 0.3) is 0 Å². The summed E-state index contributed by atoms with van der Waals surface area (Å²) in [6, 6.07) is 8.37. The van der Waals surface area contributed by atoms with Crippen molar-refractivity contribution < 1.29 is 24.0 Å². The SMILES string of the molecule is NC(N)=NCCCC(NC(=O)CN1CC(=O)N(CCC2CCNCC2)CC1=O)C(=O)C(=O)NCCc1ccccc1. The molecule has 2 saturated heterocycles. The van der Waals surface area contributed by atoms with Crippen molar-refractivity contribution >= 4 is 35.4 Å². The molecule has 2 aliphatic heterocycles. The van der Waals surface area contributed by atoms with Crippen molar-refractivity contribution in [2.45, 2.75) is 44.6 Å². The van der Waals surface area contributed by atoms with E-state index in [-0.39, 0.29) is 56.9 Å². The first kappa shape index (κ1) is 31.5. The number of carbonyl (C=O) groups excluding carboxylic acids is 5. The molecule has 0 radical (unpaired) electrons. The molecule has 2 fully saturated rings. The lowest BCUT2D eigenvalue weighted by Gasteiger charge is -2.35. The molecule has 3 rings (SSSR count). The van der Waals surface area contributed by atoms with Crippen molar-refractivity contribution in [3.63, 3.8) is 0 Å². The van der Waals surface area contributed by atoms with E-state index < -0.39 is 23.6 Å². The topological polar surface area (TPSA) is 192 Å². The zero-order valence-electron chi connectivity index (χ0n) is 23.5. The number of rotatable bonds is 15. The fourth-order valence-corrected chi connectivity index (χ4v) is 4.96. The van der Waals surface area contributed by atoms with Crippen molar-refractivity contribution in [1.82, 2.24) is 25.8 Å². The molecular formula is C28H42N8O5. The number of hydrogen-bond donors (Lipinski definition) is 5. The Labute approximate surface area is 240 Å². The summed E-state index contributed by atoms with van der Waals surface area (Å²) in [5.41, 5.74) is 11.7. The zero-order valence-corrected chi connectivity index (χ0v) is 23.5. The first-order valence-electron chi connectivity index (χ1n) is 14.2. The third kappa shape index (κ3) is 10.8. The van der Waals surface area contributed by atoms with Crippen LogP contribution in [0.2, 0.25) is 0 Å². The highest BCUT2D eigenvalue weighted by Crippen LogP contribution is 2.17. The molecule has 1 aromatic carbocycles. The minimum absolute atomic E-state index is 0.0816. The molecular weight excluding hydrogens is 528 g/mol. The lowest BCUT2D eigenvalue weighted by molar-refractivity contribution is -0.151. The van der Waals surface area contributed by atoms with Crippen LogP contribution in [0, 0.1) is 5.92 Å². The summed E-state index contributed by atoms with van der Waals surface area (Å²) < 4.78 is 0. The number of amides is 4. The Balaban J connectivity index is 1.51. The van der Waals surface area contributed by atoms with Gasteiger partial charge < -0.3 is 37.2 Å². The summed E-state index contributed by atoms with van der Waals surface area (Å²) in [6.07, 6.45) is 3.95. The second-order valence-electron chi connectivity index (χ2n) is 10.5. The number of nitrogens with two attached hydrogens (primary N) is 2. The number of guanidine groups is 1. The Morgan fingerprint density at radius 2 is 1.71 bits per heavy atom. The Morgan fingerprint density at radius 3 is 2.41 bits per heavy atom. The summed E-state index contributed by atoms with van der Waals surface area (Å²) in [6.45, 7) is 2.23. The van der Waals surface area contributed by atoms with Gasteiger partial charge in [0, 0.05) is 19.6 Å². The monoisotopic (exact) mass is 570 g/mol. The van der Waals surface area contributed by atoms with Crippen LogP contribution in [0.3, 0.4) is 0 Å². The van der Waals surface area contributed by atoms with Crippen LogP contribution >= 0.6 is 0 Å². The van der Waals surface area contributed by atoms with E-state index in [9.17, 15) is 24.0 Å². The normalized spacial score (nSPS) is 16.7. The van der Waals surface area contributed by atoms with Gasteiger partial charge in [-0.25, -0.2) is 0 Å². The summed E-state index contributed by atoms with van der Waals surface area (Å²) in [5, 5.41) is 8.49. The van der Waals surface area contributed by atoms with Gasteiger partial charge in [-0.3, -0.25) is 29.0 Å². The highest BCUT2D eigenvalue weighted by Gasteiger charge is 2.33. The Morgan fingerprint density at radius 1 is 1.02 bits per heavy atom. The fourth-order valence-electron chi connectivity index (χ4n) is 4.96. The number of nitrogens with zero attached hydrogens (tertiary/aromatic N) is 3. The van der Waals surface area contributed by atoms with Crippen molar-refractivity contribution in [2.24, 2.45) is 22.4 Å². The molecule has 13 heteroatoms. The van der Waals surface area contributed by atoms with Gasteiger partial charge in [0.1, 0.15) is 13.1 Å². The van der Waals surface area contributed by atoms with Crippen LogP contribution in [-0.4, -0.2) is 104 Å². The number of hydrogen-bond acceptors (Lipinski definition) is 7. The number of piperidine rings is 1. The number of carbonyl (C=O) groups is 5. The van der Waals surface area contributed by atoms with Crippen LogP contribution in [0.4, 0.5) is 0 Å². The first-order chi connectivity index (χ1) is 19.7. The van der Waals surface area contributed by atoms with Crippen molar-refractivity contribution in [2.75, 3.05) is 52.4 Å². The van der Waals surface area contributed by atoms with Gasteiger partial charge in [0.25, 0.3) is 5.91 Å². The molecule has 0 aromatic heterocycles. The molecule has 2 heterocycles. The van der Waals surface area contributed by atoms with Gasteiger partial charge in [0.15, 0.2) is 5.96 Å². The van der Waals surface area contributed by atoms with E-state index in [1.165, 1.54) is 4.90 Å². The van der Waals surface area contributed by atoms with Gasteiger partial charge in [0.05, 0.1) is 12.6 Å². The highest BCUT2D eigenvalue weighted by atomic mass is 16.2. The van der Waals surface area contributed by atoms with E-state index in [2.05, 4.69) is 20.9 Å². The number of piperazine rings is 1. The summed E-state index contributed by atoms with van der Waals surface area (Å²) in [7, 11) is 0. The third-order valence-corrected chi connectivity index (χ3v) is 7.32. The van der Waals surface area contributed by atoms with Crippen LogP contribution < -0.4 is 27.4 Å². The number of Topliss-reactive ketones (excluding diaryl/α,β-unsaturated/α-hetero) is 1. The van der Waals surface area contributed by atoms with E-state index in [4.69, 9.17) is 11.5 Å². The summed E-state index contributed by atoms with van der Waals surface area (Å²) in [4.78, 5) is 70.5. The van der Waals surface area contributed by atoms with Crippen molar-refractivity contribution in [1.29, 1.82) is 0 Å². The number of nitrogens with one attached hydrogen (secondary N) is 3. The average molecular weight is 571 g/mol. The van der Waals surface area contributed by atoms with Gasteiger partial charge in [-0.1, -0.05) is 30.3 Å². The number of ketones is 1. The lowest BCUT2D eigenvalue weighted by atomic mass is 9.94. The van der Waals surface area contributed by atoms with Gasteiger partial charge in [-0.15, -0.1) is 0 Å². The summed E-state index contributed by atoms with van der Waals surface area (Å²) in [5.74, 6) is -2.38. The average Bonchev–Trinajstić information content (AvgIpc) is 2.96. The van der Waals surface area contributed by atoms with Crippen molar-refractivity contribution in [3.8, 4) is 0 Å². The van der Waals surface area contributed by atoms with Crippen molar-refractivity contribution in [3.05, 3.63) is 35.9 Å². The van der Waals surface area contributed by atoms with Gasteiger partial charge in [-0.05, 0) is 63.1 Å². The second-order valence-corrected chi connectivity index (χ2v) is 10.5. The Kier molecular flexibility index (Phi) is 12.5. The lowest BCUT2D eigenvalue weighted by Crippen LogP contribution is -2.57. The molecule has 0 aliphatic carbocycles. The van der Waals surface area contributed by atoms with E-state index in [0.717, 1.165) is 37.9 Å². The maximum atomic E-state index is 12.9. The standard InChI is InChI=1S/C28H42N8O5/c29-28(30)33-12-4-7-22(26(40)27(41)32-15-10-20-5-2-1-3-6-20)34-23(37)17-36-19-24(38)35(18-25(36)39)16-11-21-8-13-31-14-9-21/h1-3,5-6,21-22,31H,4,7-19H2,(H,32,41)(H,34,37)(H4,29,30,33). The van der Waals surface area contributed by atoms with E-state index in [1.54, 1.807) is 4.90 Å². The Hall–Kier alpha value is -4.00. The molecule has 2 aliphatic rings. The highest BCUT2D eigenvalue weighted by molar-refractivity contribution is 6.38. The van der Waals surface area contributed by atoms with Crippen LogP contribution in [-0.2, 0) is 30.4 Å². The maximum absolute atomic E-state index is 12.9. The molecule has 4 amide bonds. The maximum Gasteiger partial charge on any atom is 0.289 e. The van der Waals surface area contributed by atoms with E-state index in [0.29, 0.717) is 25.3 Å².